The molecule has 0 spiro atoms. The molecule has 3 heterocycles. The Morgan fingerprint density at radius 2 is 1.78 bits per heavy atom. The maximum Gasteiger partial charge on any atom is 0.277 e. The highest BCUT2D eigenvalue weighted by Crippen LogP contribution is 2.47. The number of hydrogen-bond donors (Lipinski definition) is 1. The van der Waals surface area contributed by atoms with Crippen molar-refractivity contribution in [2.45, 2.75) is 58.5 Å². The van der Waals surface area contributed by atoms with Crippen molar-refractivity contribution >= 4 is 11.6 Å². The molecule has 1 N–H and O–H groups in total. The Morgan fingerprint density at radius 3 is 2.47 bits per heavy atom. The molecule has 1 aliphatic rings. The van der Waals surface area contributed by atoms with Gasteiger partial charge < -0.3 is 9.30 Å². The van der Waals surface area contributed by atoms with Gasteiger partial charge in [0.1, 0.15) is 11.4 Å². The lowest BCUT2D eigenvalue weighted by Crippen LogP contribution is -2.30. The number of amides is 1. The lowest BCUT2D eigenvalue weighted by Gasteiger charge is -2.29. The third-order valence-electron chi connectivity index (χ3n) is 6.91. The summed E-state index contributed by atoms with van der Waals surface area (Å²) in [5, 5.41) is 7.63. The van der Waals surface area contributed by atoms with Crippen molar-refractivity contribution in [2.75, 3.05) is 12.0 Å². The first-order valence-electron chi connectivity index (χ1n) is 12.6. The maximum atomic E-state index is 13.8. The number of ether oxygens (including phenoxy) is 1. The van der Waals surface area contributed by atoms with Crippen molar-refractivity contribution in [1.82, 2.24) is 14.8 Å². The van der Waals surface area contributed by atoms with Crippen LogP contribution in [0.1, 0.15) is 73.9 Å². The number of aryl methyl sites for hydroxylation is 1. The van der Waals surface area contributed by atoms with Crippen LogP contribution in [-0.4, -0.2) is 27.8 Å². The van der Waals surface area contributed by atoms with Crippen LogP contribution >= 0.6 is 0 Å². The van der Waals surface area contributed by atoms with Crippen LogP contribution in [0.25, 0.3) is 11.1 Å². The van der Waals surface area contributed by atoms with E-state index in [1.165, 1.54) is 18.4 Å². The average molecular weight is 483 g/mol. The standard InChI is InChI=1S/C30H34N4O2/c1-6-7-17-33-18-16-21(19-33)20-12-14-22(15-13-20)34-27(23-10-8-9-11-24(23)36-5)25-26(29(34)35)31-32-28(25)30(2,3)4/h8-16,18-19,27H,6-7,17H2,1-5H3,(H,31,32). The molecule has 1 aliphatic heterocycles. The summed E-state index contributed by atoms with van der Waals surface area (Å²) in [5.74, 6) is 0.668. The molecule has 2 aromatic carbocycles. The SMILES string of the molecule is CCCCn1ccc(-c2ccc(N3C(=O)c4[nH]nc(C(C)(C)C)c4C3c3ccccc3OC)cc2)c1. The van der Waals surface area contributed by atoms with Gasteiger partial charge in [-0.3, -0.25) is 14.8 Å². The molecule has 6 nitrogen and oxygen atoms in total. The number of methoxy groups -OCH3 is 1. The van der Waals surface area contributed by atoms with Crippen molar-refractivity contribution in [3.05, 3.63) is 89.5 Å². The molecule has 1 amide bonds. The summed E-state index contributed by atoms with van der Waals surface area (Å²) in [6.07, 6.45) is 6.66. The molecule has 1 unspecified atom stereocenters. The first-order valence-corrected chi connectivity index (χ1v) is 12.6. The fourth-order valence-electron chi connectivity index (χ4n) is 5.08. The Balaban J connectivity index is 1.57. The van der Waals surface area contributed by atoms with E-state index in [2.05, 4.69) is 73.1 Å². The van der Waals surface area contributed by atoms with Gasteiger partial charge in [0.2, 0.25) is 0 Å². The van der Waals surface area contributed by atoms with Gasteiger partial charge in [-0.05, 0) is 41.8 Å². The van der Waals surface area contributed by atoms with Gasteiger partial charge in [-0.2, -0.15) is 5.10 Å². The highest BCUT2D eigenvalue weighted by molar-refractivity contribution is 6.11. The van der Waals surface area contributed by atoms with Crippen molar-refractivity contribution in [2.24, 2.45) is 0 Å². The van der Waals surface area contributed by atoms with E-state index in [1.807, 2.05) is 41.3 Å². The number of para-hydroxylation sites is 1. The first kappa shape index (κ1) is 23.9. The van der Waals surface area contributed by atoms with Crippen LogP contribution < -0.4 is 9.64 Å². The van der Waals surface area contributed by atoms with Crippen molar-refractivity contribution < 1.29 is 9.53 Å². The molecule has 2 aromatic heterocycles. The molecule has 186 valence electrons. The lowest BCUT2D eigenvalue weighted by molar-refractivity contribution is 0.0988. The van der Waals surface area contributed by atoms with Crippen LogP contribution in [0.4, 0.5) is 5.69 Å². The average Bonchev–Trinajstić information content (AvgIpc) is 3.59. The fraction of sp³-hybridized carbons (Fsp3) is 0.333. The number of carbonyl (C=O) groups excluding carboxylic acids is 1. The molecular formula is C30H34N4O2. The van der Waals surface area contributed by atoms with Gasteiger partial charge in [0.05, 0.1) is 18.8 Å². The molecule has 4 aromatic rings. The second kappa shape index (κ2) is 9.34. The van der Waals surface area contributed by atoms with Crippen molar-refractivity contribution in [1.29, 1.82) is 0 Å². The summed E-state index contributed by atoms with van der Waals surface area (Å²) in [4.78, 5) is 15.7. The number of aromatic amines is 1. The maximum absolute atomic E-state index is 13.8. The molecule has 0 aliphatic carbocycles. The van der Waals surface area contributed by atoms with Gasteiger partial charge in [0.25, 0.3) is 5.91 Å². The smallest absolute Gasteiger partial charge is 0.277 e. The monoisotopic (exact) mass is 482 g/mol. The molecular weight excluding hydrogens is 448 g/mol. The zero-order valence-electron chi connectivity index (χ0n) is 21.7. The highest BCUT2D eigenvalue weighted by Gasteiger charge is 2.45. The number of anilines is 1. The minimum atomic E-state index is -0.336. The van der Waals surface area contributed by atoms with E-state index < -0.39 is 0 Å². The van der Waals surface area contributed by atoms with Gasteiger partial charge >= 0.3 is 0 Å². The second-order valence-corrected chi connectivity index (χ2v) is 10.5. The largest absolute Gasteiger partial charge is 0.496 e. The van der Waals surface area contributed by atoms with E-state index in [0.717, 1.165) is 40.4 Å². The second-order valence-electron chi connectivity index (χ2n) is 10.5. The first-order chi connectivity index (χ1) is 17.3. The summed E-state index contributed by atoms with van der Waals surface area (Å²) >= 11 is 0. The van der Waals surface area contributed by atoms with E-state index in [4.69, 9.17) is 4.74 Å². The number of benzene rings is 2. The van der Waals surface area contributed by atoms with Crippen LogP contribution in [0.3, 0.4) is 0 Å². The number of rotatable bonds is 7. The van der Waals surface area contributed by atoms with E-state index >= 15 is 0 Å². The fourth-order valence-corrected chi connectivity index (χ4v) is 5.08. The number of carbonyl (C=O) groups is 1. The minimum absolute atomic E-state index is 0.0811. The normalized spacial score (nSPS) is 15.4. The topological polar surface area (TPSA) is 63.2 Å². The van der Waals surface area contributed by atoms with Crippen LogP contribution in [0.2, 0.25) is 0 Å². The van der Waals surface area contributed by atoms with E-state index in [-0.39, 0.29) is 17.4 Å². The summed E-state index contributed by atoms with van der Waals surface area (Å²) < 4.78 is 7.97. The van der Waals surface area contributed by atoms with E-state index in [0.29, 0.717) is 5.69 Å². The molecule has 0 bridgehead atoms. The Hall–Kier alpha value is -3.80. The predicted molar refractivity (Wildman–Crippen MR) is 144 cm³/mol. The van der Waals surface area contributed by atoms with Crippen LogP contribution in [0.5, 0.6) is 5.75 Å². The Bertz CT molecular complexity index is 1370. The van der Waals surface area contributed by atoms with E-state index in [9.17, 15) is 4.79 Å². The Labute approximate surface area is 212 Å². The van der Waals surface area contributed by atoms with Gasteiger partial charge in [0.15, 0.2) is 0 Å². The molecule has 0 saturated carbocycles. The third kappa shape index (κ3) is 4.11. The third-order valence-corrected chi connectivity index (χ3v) is 6.91. The molecule has 6 heteroatoms. The van der Waals surface area contributed by atoms with E-state index in [1.54, 1.807) is 7.11 Å². The number of H-pyrrole nitrogens is 1. The van der Waals surface area contributed by atoms with Crippen LogP contribution in [0, 0.1) is 0 Å². The van der Waals surface area contributed by atoms with Gasteiger partial charge in [0, 0.05) is 41.2 Å². The van der Waals surface area contributed by atoms with Crippen LogP contribution in [0.15, 0.2) is 67.0 Å². The summed E-state index contributed by atoms with van der Waals surface area (Å²) in [5.41, 5.74) is 6.23. The predicted octanol–water partition coefficient (Wildman–Crippen LogP) is 6.73. The Kier molecular flexibility index (Phi) is 6.20. The highest BCUT2D eigenvalue weighted by atomic mass is 16.5. The van der Waals surface area contributed by atoms with Crippen molar-refractivity contribution in [3.8, 4) is 16.9 Å². The number of unbranched alkanes of at least 4 members (excludes halogenated alkanes) is 1. The molecule has 0 fully saturated rings. The molecule has 0 saturated heterocycles. The number of hydrogen-bond acceptors (Lipinski definition) is 3. The van der Waals surface area contributed by atoms with Gasteiger partial charge in [-0.25, -0.2) is 0 Å². The zero-order chi connectivity index (χ0) is 25.4. The minimum Gasteiger partial charge on any atom is -0.496 e. The van der Waals surface area contributed by atoms with Crippen LogP contribution in [-0.2, 0) is 12.0 Å². The summed E-state index contributed by atoms with van der Waals surface area (Å²) in [6, 6.07) is 18.0. The number of nitrogens with one attached hydrogen (secondary N) is 1. The summed E-state index contributed by atoms with van der Waals surface area (Å²) in [6.45, 7) is 9.60. The lowest BCUT2D eigenvalue weighted by atomic mass is 9.85. The Morgan fingerprint density at radius 1 is 1.03 bits per heavy atom. The quantitative estimate of drug-likeness (QED) is 0.317. The number of nitrogens with zero attached hydrogens (tertiary/aromatic N) is 3. The van der Waals surface area contributed by atoms with Crippen molar-refractivity contribution in [3.63, 3.8) is 0 Å². The zero-order valence-corrected chi connectivity index (χ0v) is 21.7. The molecule has 0 radical (unpaired) electrons. The van der Waals surface area contributed by atoms with Gasteiger partial charge in [-0.1, -0.05) is 64.4 Å². The number of fused-ring (bicyclic) bond motifs is 1. The van der Waals surface area contributed by atoms with Gasteiger partial charge in [-0.15, -0.1) is 0 Å². The molecule has 5 rings (SSSR count). The number of aromatic nitrogens is 3. The summed E-state index contributed by atoms with van der Waals surface area (Å²) in [7, 11) is 1.67. The molecule has 36 heavy (non-hydrogen) atoms. The molecule has 1 atom stereocenters.